The van der Waals surface area contributed by atoms with Crippen LogP contribution in [0.25, 0.3) is 0 Å². The van der Waals surface area contributed by atoms with Crippen molar-refractivity contribution in [1.29, 1.82) is 0 Å². The van der Waals surface area contributed by atoms with Crippen molar-refractivity contribution in [1.82, 2.24) is 10.2 Å². The Morgan fingerprint density at radius 1 is 0.923 bits per heavy atom. The Balaban J connectivity index is 2.04. The number of amides is 2. The highest BCUT2D eigenvalue weighted by molar-refractivity contribution is 14.1. The summed E-state index contributed by atoms with van der Waals surface area (Å²) in [5, 5.41) is 2.99. The fraction of sp³-hybridized carbons (Fsp3) is 0.333. The molecule has 0 aliphatic heterocycles. The monoisotopic (exact) mass is 661 g/mol. The van der Waals surface area contributed by atoms with Crippen molar-refractivity contribution in [3.05, 3.63) is 93.6 Å². The van der Waals surface area contributed by atoms with Crippen LogP contribution in [0, 0.1) is 10.5 Å². The van der Waals surface area contributed by atoms with Crippen LogP contribution in [0.5, 0.6) is 0 Å². The highest BCUT2D eigenvalue weighted by Gasteiger charge is 2.33. The smallest absolute Gasteiger partial charge is 0.264 e. The summed E-state index contributed by atoms with van der Waals surface area (Å²) in [6.07, 6.45) is 1.14. The van der Waals surface area contributed by atoms with Gasteiger partial charge in [0.1, 0.15) is 12.6 Å². The van der Waals surface area contributed by atoms with E-state index in [1.165, 1.54) is 17.0 Å². The second-order valence-electron chi connectivity index (χ2n) is 9.55. The van der Waals surface area contributed by atoms with E-state index in [1.54, 1.807) is 42.5 Å². The Morgan fingerprint density at radius 3 is 2.18 bits per heavy atom. The fourth-order valence-corrected chi connectivity index (χ4v) is 6.02. The van der Waals surface area contributed by atoms with E-state index in [1.807, 2.05) is 52.0 Å². The Bertz CT molecular complexity index is 1360. The molecule has 0 saturated carbocycles. The first-order valence-electron chi connectivity index (χ1n) is 13.1. The van der Waals surface area contributed by atoms with Gasteiger partial charge in [-0.1, -0.05) is 61.9 Å². The Kier molecular flexibility index (Phi) is 10.9. The van der Waals surface area contributed by atoms with Crippen LogP contribution >= 0.6 is 22.6 Å². The molecule has 0 unspecified atom stereocenters. The van der Waals surface area contributed by atoms with E-state index in [4.69, 9.17) is 0 Å². The van der Waals surface area contributed by atoms with Crippen molar-refractivity contribution in [3.8, 4) is 0 Å². The van der Waals surface area contributed by atoms with E-state index in [2.05, 4.69) is 27.9 Å². The van der Waals surface area contributed by atoms with Crippen molar-refractivity contribution in [3.63, 3.8) is 0 Å². The Hall–Kier alpha value is -2.92. The van der Waals surface area contributed by atoms with Crippen molar-refractivity contribution in [2.75, 3.05) is 10.8 Å². The maximum absolute atomic E-state index is 14.1. The number of rotatable bonds is 12. The van der Waals surface area contributed by atoms with E-state index in [0.29, 0.717) is 12.1 Å². The number of carbonyl (C=O) groups is 2. The molecule has 2 atom stereocenters. The van der Waals surface area contributed by atoms with Crippen molar-refractivity contribution in [2.45, 2.75) is 64.1 Å². The largest absolute Gasteiger partial charge is 0.352 e. The predicted molar refractivity (Wildman–Crippen MR) is 164 cm³/mol. The molecule has 7 nitrogen and oxygen atoms in total. The zero-order valence-corrected chi connectivity index (χ0v) is 25.8. The van der Waals surface area contributed by atoms with Gasteiger partial charge >= 0.3 is 0 Å². The molecule has 3 rings (SSSR count). The molecular weight excluding hydrogens is 625 g/mol. The SMILES string of the molecule is CC[C@H](C(=O)N[C@@H](C)CC)N(Cc1cccc(C)c1)C(=O)CN(c1ccc(I)cc1)S(=O)(=O)c1ccccc1. The molecular formula is C30H36IN3O4S. The molecule has 3 aromatic carbocycles. The molecule has 2 amide bonds. The van der Waals surface area contributed by atoms with E-state index in [-0.39, 0.29) is 23.4 Å². The lowest BCUT2D eigenvalue weighted by molar-refractivity contribution is -0.140. The number of carbonyl (C=O) groups excluding carboxylic acids is 2. The van der Waals surface area contributed by atoms with E-state index < -0.39 is 28.5 Å². The van der Waals surface area contributed by atoms with Gasteiger partial charge in [-0.15, -0.1) is 0 Å². The van der Waals surface area contributed by atoms with Crippen LogP contribution in [-0.2, 0) is 26.2 Å². The minimum atomic E-state index is -4.07. The van der Waals surface area contributed by atoms with Crippen LogP contribution in [0.4, 0.5) is 5.69 Å². The predicted octanol–water partition coefficient (Wildman–Crippen LogP) is 5.52. The molecule has 0 aliphatic carbocycles. The maximum Gasteiger partial charge on any atom is 0.264 e. The zero-order valence-electron chi connectivity index (χ0n) is 22.8. The van der Waals surface area contributed by atoms with Gasteiger partial charge in [-0.3, -0.25) is 13.9 Å². The molecule has 39 heavy (non-hydrogen) atoms. The second-order valence-corrected chi connectivity index (χ2v) is 12.7. The summed E-state index contributed by atoms with van der Waals surface area (Å²) in [6, 6.07) is 22.0. The van der Waals surface area contributed by atoms with Crippen LogP contribution in [0.1, 0.15) is 44.7 Å². The normalized spacial score (nSPS) is 12.8. The van der Waals surface area contributed by atoms with Gasteiger partial charge in [0.25, 0.3) is 10.0 Å². The maximum atomic E-state index is 14.1. The first-order valence-corrected chi connectivity index (χ1v) is 15.6. The summed E-state index contributed by atoms with van der Waals surface area (Å²) in [5.74, 6) is -0.708. The zero-order chi connectivity index (χ0) is 28.6. The van der Waals surface area contributed by atoms with Gasteiger partial charge in [-0.25, -0.2) is 8.42 Å². The molecule has 0 saturated heterocycles. The van der Waals surface area contributed by atoms with Gasteiger partial charge in [0.05, 0.1) is 10.6 Å². The molecule has 0 heterocycles. The number of nitrogens with one attached hydrogen (secondary N) is 1. The van der Waals surface area contributed by atoms with Gasteiger partial charge in [0.2, 0.25) is 11.8 Å². The number of benzene rings is 3. The second kappa shape index (κ2) is 13.9. The number of halogens is 1. The molecule has 0 bridgehead atoms. The van der Waals surface area contributed by atoms with Gasteiger partial charge in [0.15, 0.2) is 0 Å². The van der Waals surface area contributed by atoms with Crippen LogP contribution in [-0.4, -0.2) is 43.8 Å². The number of sulfonamides is 1. The van der Waals surface area contributed by atoms with Crippen molar-refractivity contribution in [2.24, 2.45) is 0 Å². The number of nitrogens with zero attached hydrogens (tertiary/aromatic N) is 2. The van der Waals surface area contributed by atoms with E-state index >= 15 is 0 Å². The molecule has 0 fully saturated rings. The third-order valence-corrected chi connectivity index (χ3v) is 9.05. The average molecular weight is 662 g/mol. The Morgan fingerprint density at radius 2 is 1.59 bits per heavy atom. The quantitative estimate of drug-likeness (QED) is 0.259. The lowest BCUT2D eigenvalue weighted by Gasteiger charge is -2.33. The standard InChI is InChI=1S/C30H36IN3O4S/c1-5-23(4)32-30(36)28(6-2)33(20-24-12-10-11-22(3)19-24)29(35)21-34(26-17-15-25(31)16-18-26)39(37,38)27-13-8-7-9-14-27/h7-19,23,28H,5-6,20-21H2,1-4H3,(H,32,36)/t23-,28+/m0/s1. The highest BCUT2D eigenvalue weighted by atomic mass is 127. The summed E-state index contributed by atoms with van der Waals surface area (Å²) in [6.45, 7) is 7.45. The molecule has 0 aromatic heterocycles. The van der Waals surface area contributed by atoms with Crippen molar-refractivity contribution >= 4 is 50.1 Å². The lowest BCUT2D eigenvalue weighted by Crippen LogP contribution is -2.53. The minimum Gasteiger partial charge on any atom is -0.352 e. The van der Waals surface area contributed by atoms with Crippen LogP contribution in [0.15, 0.2) is 83.8 Å². The highest BCUT2D eigenvalue weighted by Crippen LogP contribution is 2.25. The van der Waals surface area contributed by atoms with Crippen molar-refractivity contribution < 1.29 is 18.0 Å². The number of hydrogen-bond donors (Lipinski definition) is 1. The van der Waals surface area contributed by atoms with E-state index in [0.717, 1.165) is 25.4 Å². The van der Waals surface area contributed by atoms with Gasteiger partial charge < -0.3 is 10.2 Å². The number of hydrogen-bond acceptors (Lipinski definition) is 4. The van der Waals surface area contributed by atoms with E-state index in [9.17, 15) is 18.0 Å². The average Bonchev–Trinajstić information content (AvgIpc) is 2.92. The van der Waals surface area contributed by atoms with Gasteiger partial charge in [-0.05, 0) is 91.2 Å². The number of anilines is 1. The van der Waals surface area contributed by atoms with Crippen LogP contribution in [0.3, 0.4) is 0 Å². The summed E-state index contributed by atoms with van der Waals surface area (Å²) in [5.41, 5.74) is 2.27. The Labute approximate surface area is 245 Å². The summed E-state index contributed by atoms with van der Waals surface area (Å²) in [4.78, 5) is 29.0. The minimum absolute atomic E-state index is 0.0516. The molecule has 208 valence electrons. The molecule has 1 N–H and O–H groups in total. The first kappa shape index (κ1) is 30.6. The topological polar surface area (TPSA) is 86.8 Å². The third-order valence-electron chi connectivity index (χ3n) is 6.55. The molecule has 0 radical (unpaired) electrons. The molecule has 9 heteroatoms. The fourth-order valence-electron chi connectivity index (χ4n) is 4.22. The first-order chi connectivity index (χ1) is 18.6. The summed E-state index contributed by atoms with van der Waals surface area (Å²) in [7, 11) is -4.07. The summed E-state index contributed by atoms with van der Waals surface area (Å²) < 4.78 is 29.7. The lowest BCUT2D eigenvalue weighted by atomic mass is 10.1. The van der Waals surface area contributed by atoms with Gasteiger partial charge in [0, 0.05) is 16.2 Å². The molecule has 0 spiro atoms. The third kappa shape index (κ3) is 8.04. The molecule has 3 aromatic rings. The molecule has 0 aliphatic rings. The summed E-state index contributed by atoms with van der Waals surface area (Å²) >= 11 is 2.15. The van der Waals surface area contributed by atoms with Gasteiger partial charge in [-0.2, -0.15) is 0 Å². The van der Waals surface area contributed by atoms with Crippen LogP contribution in [0.2, 0.25) is 0 Å². The number of aryl methyl sites for hydroxylation is 1. The van der Waals surface area contributed by atoms with Crippen LogP contribution < -0.4 is 9.62 Å².